The molecule has 3 aromatic rings. The number of rotatable bonds is 3. The van der Waals surface area contributed by atoms with Crippen molar-refractivity contribution in [1.29, 1.82) is 0 Å². The highest BCUT2D eigenvalue weighted by Gasteiger charge is 2.33. The normalized spacial score (nSPS) is 11.7. The molecule has 3 aromatic heterocycles. The number of pyridine rings is 2. The highest BCUT2D eigenvalue weighted by atomic mass is 19.4. The summed E-state index contributed by atoms with van der Waals surface area (Å²) in [7, 11) is 3.31. The van der Waals surface area contributed by atoms with E-state index in [0.717, 1.165) is 10.6 Å². The maximum Gasteiger partial charge on any atom is 0.433 e. The van der Waals surface area contributed by atoms with Crippen LogP contribution < -0.4 is 10.6 Å². The number of hydrogen-bond donors (Lipinski definition) is 0. The van der Waals surface area contributed by atoms with Crippen LogP contribution in [0.1, 0.15) is 11.4 Å². The van der Waals surface area contributed by atoms with Gasteiger partial charge < -0.3 is 4.90 Å². The van der Waals surface area contributed by atoms with Crippen LogP contribution in [0.2, 0.25) is 0 Å². The quantitative estimate of drug-likeness (QED) is 0.726. The van der Waals surface area contributed by atoms with E-state index in [1.54, 1.807) is 43.4 Å². The van der Waals surface area contributed by atoms with Gasteiger partial charge in [0, 0.05) is 20.3 Å². The summed E-state index contributed by atoms with van der Waals surface area (Å²) in [5, 5.41) is 0.355. The van der Waals surface area contributed by atoms with E-state index in [9.17, 15) is 18.0 Å². The zero-order chi connectivity index (χ0) is 18.2. The SMILES string of the molecule is CN(C)c1nc(=O)n(Cc2ccccn2)c2nc(C(F)(F)F)ccc12. The molecule has 0 aliphatic rings. The third kappa shape index (κ3) is 3.30. The predicted molar refractivity (Wildman–Crippen MR) is 86.5 cm³/mol. The van der Waals surface area contributed by atoms with Gasteiger partial charge in [0.05, 0.1) is 17.6 Å². The van der Waals surface area contributed by atoms with E-state index in [1.165, 1.54) is 6.07 Å². The van der Waals surface area contributed by atoms with E-state index < -0.39 is 17.6 Å². The van der Waals surface area contributed by atoms with Crippen molar-refractivity contribution in [3.05, 3.63) is 58.4 Å². The van der Waals surface area contributed by atoms with Crippen LogP contribution in [0.15, 0.2) is 41.3 Å². The monoisotopic (exact) mass is 349 g/mol. The Kier molecular flexibility index (Phi) is 4.15. The molecule has 0 aromatic carbocycles. The van der Waals surface area contributed by atoms with E-state index in [0.29, 0.717) is 11.1 Å². The molecule has 0 saturated carbocycles. The molecule has 0 bridgehead atoms. The van der Waals surface area contributed by atoms with Gasteiger partial charge in [-0.25, -0.2) is 9.78 Å². The van der Waals surface area contributed by atoms with Crippen LogP contribution in [0.4, 0.5) is 19.0 Å². The predicted octanol–water partition coefficient (Wildman–Crippen LogP) is 2.32. The van der Waals surface area contributed by atoms with E-state index in [2.05, 4.69) is 15.0 Å². The van der Waals surface area contributed by atoms with Gasteiger partial charge in [0.15, 0.2) is 0 Å². The summed E-state index contributed by atoms with van der Waals surface area (Å²) in [6.07, 6.45) is -3.07. The van der Waals surface area contributed by atoms with Gasteiger partial charge in [0.1, 0.15) is 17.2 Å². The standard InChI is InChI=1S/C16H14F3N5O/c1-23(2)13-11-6-7-12(16(17,18)19)21-14(11)24(15(25)22-13)9-10-5-3-4-8-20-10/h3-8H,9H2,1-2H3. The molecule has 0 unspecified atom stereocenters. The molecule has 0 radical (unpaired) electrons. The lowest BCUT2D eigenvalue weighted by molar-refractivity contribution is -0.141. The van der Waals surface area contributed by atoms with Crippen molar-refractivity contribution in [1.82, 2.24) is 19.5 Å². The Bertz CT molecular complexity index is 967. The van der Waals surface area contributed by atoms with Crippen LogP contribution in [0, 0.1) is 0 Å². The molecule has 0 saturated heterocycles. The summed E-state index contributed by atoms with van der Waals surface area (Å²) < 4.78 is 40.2. The summed E-state index contributed by atoms with van der Waals surface area (Å²) in [4.78, 5) is 25.7. The summed E-state index contributed by atoms with van der Waals surface area (Å²) >= 11 is 0. The molecular weight excluding hydrogens is 335 g/mol. The molecule has 3 rings (SSSR count). The van der Waals surface area contributed by atoms with Gasteiger partial charge in [-0.3, -0.25) is 9.55 Å². The lowest BCUT2D eigenvalue weighted by Crippen LogP contribution is -2.28. The maximum absolute atomic E-state index is 13.0. The van der Waals surface area contributed by atoms with E-state index in [1.807, 2.05) is 0 Å². The molecule has 0 fully saturated rings. The first-order valence-electron chi connectivity index (χ1n) is 7.33. The Labute approximate surface area is 140 Å². The van der Waals surface area contributed by atoms with Crippen LogP contribution in [0.5, 0.6) is 0 Å². The van der Waals surface area contributed by atoms with Gasteiger partial charge >= 0.3 is 11.9 Å². The topological polar surface area (TPSA) is 63.9 Å². The summed E-state index contributed by atoms with van der Waals surface area (Å²) in [5.41, 5.74) is -1.31. The molecule has 130 valence electrons. The zero-order valence-electron chi connectivity index (χ0n) is 13.4. The Hall–Kier alpha value is -2.97. The fourth-order valence-corrected chi connectivity index (χ4v) is 2.43. The van der Waals surface area contributed by atoms with Gasteiger partial charge in [-0.15, -0.1) is 0 Å². The number of anilines is 1. The molecule has 9 heteroatoms. The van der Waals surface area contributed by atoms with Crippen molar-refractivity contribution in [3.63, 3.8) is 0 Å². The number of hydrogen-bond acceptors (Lipinski definition) is 5. The largest absolute Gasteiger partial charge is 0.433 e. The number of alkyl halides is 3. The van der Waals surface area contributed by atoms with Crippen LogP contribution in [0.25, 0.3) is 11.0 Å². The second-order valence-corrected chi connectivity index (χ2v) is 5.59. The minimum Gasteiger partial charge on any atom is -0.362 e. The molecule has 0 amide bonds. The average molecular weight is 349 g/mol. The first-order valence-corrected chi connectivity index (χ1v) is 7.33. The minimum atomic E-state index is -4.61. The number of halogens is 3. The minimum absolute atomic E-state index is 0.0226. The van der Waals surface area contributed by atoms with Crippen LogP contribution in [-0.4, -0.2) is 33.6 Å². The molecule has 25 heavy (non-hydrogen) atoms. The van der Waals surface area contributed by atoms with Crippen LogP contribution >= 0.6 is 0 Å². The van der Waals surface area contributed by atoms with Crippen molar-refractivity contribution in [2.75, 3.05) is 19.0 Å². The van der Waals surface area contributed by atoms with Gasteiger partial charge in [-0.2, -0.15) is 18.2 Å². The number of fused-ring (bicyclic) bond motifs is 1. The highest BCUT2D eigenvalue weighted by molar-refractivity contribution is 5.87. The average Bonchev–Trinajstić information content (AvgIpc) is 2.56. The zero-order valence-corrected chi connectivity index (χ0v) is 13.4. The fraction of sp³-hybridized carbons (Fsp3) is 0.250. The highest BCUT2D eigenvalue weighted by Crippen LogP contribution is 2.30. The van der Waals surface area contributed by atoms with Crippen LogP contribution in [-0.2, 0) is 12.7 Å². The Morgan fingerprint density at radius 3 is 2.48 bits per heavy atom. The van der Waals surface area contributed by atoms with Crippen molar-refractivity contribution in [2.24, 2.45) is 0 Å². The maximum atomic E-state index is 13.0. The first-order chi connectivity index (χ1) is 11.8. The lowest BCUT2D eigenvalue weighted by Gasteiger charge is -2.17. The molecule has 0 N–H and O–H groups in total. The molecule has 0 atom stereocenters. The number of aromatic nitrogens is 4. The second kappa shape index (κ2) is 6.15. The lowest BCUT2D eigenvalue weighted by atomic mass is 10.2. The van der Waals surface area contributed by atoms with Crippen LogP contribution in [0.3, 0.4) is 0 Å². The van der Waals surface area contributed by atoms with Crippen molar-refractivity contribution in [2.45, 2.75) is 12.7 Å². The van der Waals surface area contributed by atoms with Gasteiger partial charge in [-0.05, 0) is 24.3 Å². The number of nitrogens with zero attached hydrogens (tertiary/aromatic N) is 5. The van der Waals surface area contributed by atoms with Crippen molar-refractivity contribution >= 4 is 16.9 Å². The van der Waals surface area contributed by atoms with E-state index in [-0.39, 0.29) is 18.0 Å². The van der Waals surface area contributed by atoms with E-state index in [4.69, 9.17) is 0 Å². The van der Waals surface area contributed by atoms with Gasteiger partial charge in [0.25, 0.3) is 0 Å². The summed E-state index contributed by atoms with van der Waals surface area (Å²) in [6, 6.07) is 7.27. The Morgan fingerprint density at radius 1 is 1.12 bits per heavy atom. The van der Waals surface area contributed by atoms with Gasteiger partial charge in [-0.1, -0.05) is 6.07 Å². The molecule has 3 heterocycles. The smallest absolute Gasteiger partial charge is 0.362 e. The summed E-state index contributed by atoms with van der Waals surface area (Å²) in [5.74, 6) is 0.262. The molecule has 6 nitrogen and oxygen atoms in total. The molecular formula is C16H14F3N5O. The Balaban J connectivity index is 2.29. The summed E-state index contributed by atoms with van der Waals surface area (Å²) in [6.45, 7) is -0.0226. The molecule has 0 aliphatic carbocycles. The fourth-order valence-electron chi connectivity index (χ4n) is 2.43. The third-order valence-corrected chi connectivity index (χ3v) is 3.56. The van der Waals surface area contributed by atoms with Crippen molar-refractivity contribution in [3.8, 4) is 0 Å². The third-order valence-electron chi connectivity index (χ3n) is 3.56. The van der Waals surface area contributed by atoms with Crippen molar-refractivity contribution < 1.29 is 13.2 Å². The Morgan fingerprint density at radius 2 is 1.88 bits per heavy atom. The first kappa shape index (κ1) is 16.9. The molecule has 0 aliphatic heterocycles. The van der Waals surface area contributed by atoms with Gasteiger partial charge in [0.2, 0.25) is 0 Å². The second-order valence-electron chi connectivity index (χ2n) is 5.59. The molecule has 0 spiro atoms. The van der Waals surface area contributed by atoms with E-state index >= 15 is 0 Å².